The van der Waals surface area contributed by atoms with Crippen LogP contribution in [0.4, 0.5) is 10.1 Å². The number of rotatable bonds is 5. The number of aldehydes is 1. The molecular formula is C14H9ClFNO4. The third-order valence-electron chi connectivity index (χ3n) is 2.72. The molecule has 0 aromatic heterocycles. The van der Waals surface area contributed by atoms with Gasteiger partial charge in [-0.3, -0.25) is 14.9 Å². The van der Waals surface area contributed by atoms with Gasteiger partial charge in [-0.05, 0) is 24.3 Å². The van der Waals surface area contributed by atoms with E-state index in [1.165, 1.54) is 30.3 Å². The van der Waals surface area contributed by atoms with E-state index < -0.39 is 10.7 Å². The fourth-order valence-corrected chi connectivity index (χ4v) is 1.86. The standard InChI is InChI=1S/C14H9ClFNO4/c15-12-6-11(17(19)20)3-2-10(12)8-21-14-4-1-9(7-18)5-13(14)16/h1-7H,8H2. The van der Waals surface area contributed by atoms with E-state index in [-0.39, 0.29) is 28.6 Å². The van der Waals surface area contributed by atoms with Crippen LogP contribution in [0.5, 0.6) is 5.75 Å². The highest BCUT2D eigenvalue weighted by Crippen LogP contribution is 2.25. The minimum Gasteiger partial charge on any atom is -0.486 e. The molecule has 2 aromatic rings. The molecule has 0 heterocycles. The number of non-ortho nitro benzene ring substituents is 1. The molecule has 0 aliphatic heterocycles. The summed E-state index contributed by atoms with van der Waals surface area (Å²) in [4.78, 5) is 20.5. The molecule has 2 aromatic carbocycles. The molecule has 21 heavy (non-hydrogen) atoms. The van der Waals surface area contributed by atoms with E-state index in [1.54, 1.807) is 0 Å². The highest BCUT2D eigenvalue weighted by molar-refractivity contribution is 6.31. The van der Waals surface area contributed by atoms with Gasteiger partial charge in [0.15, 0.2) is 11.6 Å². The van der Waals surface area contributed by atoms with E-state index in [2.05, 4.69) is 0 Å². The molecule has 0 bridgehead atoms. The predicted molar refractivity (Wildman–Crippen MR) is 74.2 cm³/mol. The van der Waals surface area contributed by atoms with Gasteiger partial charge in [-0.15, -0.1) is 0 Å². The average molecular weight is 310 g/mol. The highest BCUT2D eigenvalue weighted by atomic mass is 35.5. The Labute approximate surface area is 124 Å². The molecule has 0 saturated carbocycles. The molecule has 2 rings (SSSR count). The van der Waals surface area contributed by atoms with E-state index in [0.717, 1.165) is 6.07 Å². The molecule has 7 heteroatoms. The number of carbonyl (C=O) groups is 1. The zero-order chi connectivity index (χ0) is 15.4. The van der Waals surface area contributed by atoms with E-state index in [9.17, 15) is 19.3 Å². The van der Waals surface area contributed by atoms with Crippen LogP contribution in [0.1, 0.15) is 15.9 Å². The third-order valence-corrected chi connectivity index (χ3v) is 3.07. The largest absolute Gasteiger partial charge is 0.486 e. The Morgan fingerprint density at radius 1 is 1.29 bits per heavy atom. The van der Waals surface area contributed by atoms with Gasteiger partial charge in [0.25, 0.3) is 5.69 Å². The Bertz CT molecular complexity index is 705. The molecule has 108 valence electrons. The van der Waals surface area contributed by atoms with Gasteiger partial charge in [0.05, 0.1) is 9.95 Å². The molecule has 0 N–H and O–H groups in total. The van der Waals surface area contributed by atoms with Crippen LogP contribution >= 0.6 is 11.6 Å². The Morgan fingerprint density at radius 2 is 2.05 bits per heavy atom. The van der Waals surface area contributed by atoms with Crippen molar-refractivity contribution >= 4 is 23.6 Å². The van der Waals surface area contributed by atoms with Crippen molar-refractivity contribution in [3.63, 3.8) is 0 Å². The summed E-state index contributed by atoms with van der Waals surface area (Å²) in [5, 5.41) is 10.7. The first-order valence-electron chi connectivity index (χ1n) is 5.81. The number of benzene rings is 2. The summed E-state index contributed by atoms with van der Waals surface area (Å²) in [5.74, 6) is -0.701. The molecule has 0 radical (unpaired) electrons. The summed E-state index contributed by atoms with van der Waals surface area (Å²) in [5.41, 5.74) is 0.555. The smallest absolute Gasteiger partial charge is 0.270 e. The SMILES string of the molecule is O=Cc1ccc(OCc2ccc([N+](=O)[O-])cc2Cl)c(F)c1. The Balaban J connectivity index is 2.13. The lowest BCUT2D eigenvalue weighted by atomic mass is 10.2. The molecule has 0 aliphatic carbocycles. The predicted octanol–water partition coefficient (Wildman–Crippen LogP) is 3.78. The van der Waals surface area contributed by atoms with E-state index >= 15 is 0 Å². The fourth-order valence-electron chi connectivity index (χ4n) is 1.63. The van der Waals surface area contributed by atoms with Gasteiger partial charge in [-0.1, -0.05) is 11.6 Å². The number of nitrogens with zero attached hydrogens (tertiary/aromatic N) is 1. The summed E-state index contributed by atoms with van der Waals surface area (Å²) in [6.07, 6.45) is 0.528. The maximum Gasteiger partial charge on any atom is 0.270 e. The van der Waals surface area contributed by atoms with Crippen LogP contribution in [0.25, 0.3) is 0 Å². The van der Waals surface area contributed by atoms with Gasteiger partial charge in [0, 0.05) is 23.3 Å². The number of nitro groups is 1. The van der Waals surface area contributed by atoms with Gasteiger partial charge < -0.3 is 4.74 Å². The molecule has 0 aliphatic rings. The summed E-state index contributed by atoms with van der Waals surface area (Å²) < 4.78 is 18.9. The maximum atomic E-state index is 13.6. The number of carbonyl (C=O) groups excluding carboxylic acids is 1. The van der Waals surface area contributed by atoms with Crippen molar-refractivity contribution in [1.29, 1.82) is 0 Å². The van der Waals surface area contributed by atoms with E-state index in [1.807, 2.05) is 0 Å². The van der Waals surface area contributed by atoms with E-state index in [0.29, 0.717) is 11.8 Å². The average Bonchev–Trinajstić information content (AvgIpc) is 2.46. The topological polar surface area (TPSA) is 69.4 Å². The summed E-state index contributed by atoms with van der Waals surface area (Å²) in [7, 11) is 0. The van der Waals surface area contributed by atoms with Crippen molar-refractivity contribution in [3.8, 4) is 5.75 Å². The van der Waals surface area contributed by atoms with Crippen LogP contribution < -0.4 is 4.74 Å². The first-order chi connectivity index (χ1) is 10.0. The summed E-state index contributed by atoms with van der Waals surface area (Å²) in [6.45, 7) is -0.0474. The Kier molecular flexibility index (Phi) is 4.49. The van der Waals surface area contributed by atoms with Crippen molar-refractivity contribution in [2.45, 2.75) is 6.61 Å². The first kappa shape index (κ1) is 14.9. The Morgan fingerprint density at radius 3 is 2.62 bits per heavy atom. The fraction of sp³-hybridized carbons (Fsp3) is 0.0714. The number of halogens is 2. The van der Waals surface area contributed by atoms with Crippen LogP contribution in [0.2, 0.25) is 5.02 Å². The molecule has 0 saturated heterocycles. The van der Waals surface area contributed by atoms with Gasteiger partial charge in [0.1, 0.15) is 12.9 Å². The lowest BCUT2D eigenvalue weighted by Gasteiger charge is -2.08. The molecule has 0 spiro atoms. The van der Waals surface area contributed by atoms with Gasteiger partial charge >= 0.3 is 0 Å². The second kappa shape index (κ2) is 6.32. The molecule has 0 unspecified atom stereocenters. The second-order valence-electron chi connectivity index (χ2n) is 4.13. The second-order valence-corrected chi connectivity index (χ2v) is 4.54. The van der Waals surface area contributed by atoms with Gasteiger partial charge in [-0.2, -0.15) is 0 Å². The van der Waals surface area contributed by atoms with Crippen molar-refractivity contribution in [2.24, 2.45) is 0 Å². The number of hydrogen-bond donors (Lipinski definition) is 0. The lowest BCUT2D eigenvalue weighted by molar-refractivity contribution is -0.384. The molecule has 5 nitrogen and oxygen atoms in total. The molecule has 0 amide bonds. The number of nitro benzene ring substituents is 1. The van der Waals surface area contributed by atoms with E-state index in [4.69, 9.17) is 16.3 Å². The minimum atomic E-state index is -0.669. The first-order valence-corrected chi connectivity index (χ1v) is 6.19. The molecule has 0 fully saturated rings. The van der Waals surface area contributed by atoms with Crippen molar-refractivity contribution in [1.82, 2.24) is 0 Å². The quantitative estimate of drug-likeness (QED) is 0.479. The third kappa shape index (κ3) is 3.55. The maximum absolute atomic E-state index is 13.6. The normalized spacial score (nSPS) is 10.2. The van der Waals surface area contributed by atoms with Crippen LogP contribution in [0.3, 0.4) is 0 Å². The van der Waals surface area contributed by atoms with Crippen molar-refractivity contribution in [2.75, 3.05) is 0 Å². The highest BCUT2D eigenvalue weighted by Gasteiger charge is 2.11. The van der Waals surface area contributed by atoms with Crippen molar-refractivity contribution < 1.29 is 18.8 Å². The number of hydrogen-bond acceptors (Lipinski definition) is 4. The van der Waals surface area contributed by atoms with Gasteiger partial charge in [0.2, 0.25) is 0 Å². The van der Waals surface area contributed by atoms with Crippen LogP contribution in [-0.4, -0.2) is 11.2 Å². The zero-order valence-corrected chi connectivity index (χ0v) is 11.3. The zero-order valence-electron chi connectivity index (χ0n) is 10.6. The van der Waals surface area contributed by atoms with Crippen LogP contribution in [-0.2, 0) is 6.61 Å². The van der Waals surface area contributed by atoms with Crippen LogP contribution in [0, 0.1) is 15.9 Å². The molecular weight excluding hydrogens is 301 g/mol. The van der Waals surface area contributed by atoms with Gasteiger partial charge in [-0.25, -0.2) is 4.39 Å². The summed E-state index contributed by atoms with van der Waals surface area (Å²) in [6, 6.07) is 7.74. The minimum absolute atomic E-state index is 0.0324. The lowest BCUT2D eigenvalue weighted by Crippen LogP contribution is -1.99. The van der Waals surface area contributed by atoms with Crippen molar-refractivity contribution in [3.05, 3.63) is 68.5 Å². The number of ether oxygens (including phenoxy) is 1. The monoisotopic (exact) mass is 309 g/mol. The summed E-state index contributed by atoms with van der Waals surface area (Å²) >= 11 is 5.90. The Hall–Kier alpha value is -2.47. The molecule has 0 atom stereocenters. The van der Waals surface area contributed by atoms with Crippen LogP contribution in [0.15, 0.2) is 36.4 Å².